The van der Waals surface area contributed by atoms with E-state index in [-0.39, 0.29) is 6.10 Å². The number of aliphatic hydroxyl groups excluding tert-OH is 1. The third kappa shape index (κ3) is 3.09. The summed E-state index contributed by atoms with van der Waals surface area (Å²) in [6.07, 6.45) is 0.845. The molecule has 1 aliphatic heterocycles. The minimum atomic E-state index is -0.231. The van der Waals surface area contributed by atoms with Crippen molar-refractivity contribution in [2.45, 2.75) is 32.4 Å². The molecule has 1 rings (SSSR count). The molecule has 1 heterocycles. The van der Waals surface area contributed by atoms with Gasteiger partial charge in [-0.15, -0.1) is 0 Å². The summed E-state index contributed by atoms with van der Waals surface area (Å²) >= 11 is 0. The molecule has 0 spiro atoms. The molecule has 2 atom stereocenters. The topological polar surface area (TPSA) is 32.7 Å². The van der Waals surface area contributed by atoms with Crippen molar-refractivity contribution >= 4 is 0 Å². The zero-order chi connectivity index (χ0) is 8.97. The highest BCUT2D eigenvalue weighted by Gasteiger charge is 2.17. The minimum Gasteiger partial charge on any atom is -0.392 e. The van der Waals surface area contributed by atoms with Crippen molar-refractivity contribution in [1.82, 2.24) is 4.90 Å². The molecule has 72 valence electrons. The first-order valence-electron chi connectivity index (χ1n) is 4.70. The molecule has 2 unspecified atom stereocenters. The molecule has 0 aliphatic carbocycles. The maximum absolute atomic E-state index is 9.23. The Balaban J connectivity index is 2.36. The summed E-state index contributed by atoms with van der Waals surface area (Å²) < 4.78 is 5.35. The monoisotopic (exact) mass is 173 g/mol. The number of hydrogen-bond acceptors (Lipinski definition) is 3. The average molecular weight is 173 g/mol. The van der Waals surface area contributed by atoms with Gasteiger partial charge in [-0.25, -0.2) is 0 Å². The van der Waals surface area contributed by atoms with E-state index in [0.717, 1.165) is 32.7 Å². The predicted octanol–water partition coefficient (Wildman–Crippen LogP) is 0.478. The van der Waals surface area contributed by atoms with E-state index >= 15 is 0 Å². The summed E-state index contributed by atoms with van der Waals surface area (Å²) in [7, 11) is 0. The van der Waals surface area contributed by atoms with Crippen LogP contribution in [0.25, 0.3) is 0 Å². The van der Waals surface area contributed by atoms with Crippen molar-refractivity contribution in [3.63, 3.8) is 0 Å². The van der Waals surface area contributed by atoms with E-state index < -0.39 is 0 Å². The highest BCUT2D eigenvalue weighted by atomic mass is 16.5. The SMILES string of the molecule is CC(O)CN1CCOCCC1C. The van der Waals surface area contributed by atoms with E-state index in [2.05, 4.69) is 11.8 Å². The Bertz CT molecular complexity index is 128. The Morgan fingerprint density at radius 3 is 3.00 bits per heavy atom. The van der Waals surface area contributed by atoms with Crippen LogP contribution in [0.5, 0.6) is 0 Å². The molecule has 1 aliphatic rings. The van der Waals surface area contributed by atoms with E-state index in [1.807, 2.05) is 6.92 Å². The van der Waals surface area contributed by atoms with Crippen LogP contribution < -0.4 is 0 Å². The summed E-state index contributed by atoms with van der Waals surface area (Å²) in [5, 5.41) is 9.23. The van der Waals surface area contributed by atoms with Crippen LogP contribution in [0.15, 0.2) is 0 Å². The van der Waals surface area contributed by atoms with Crippen molar-refractivity contribution in [2.75, 3.05) is 26.3 Å². The number of aliphatic hydroxyl groups is 1. The fourth-order valence-corrected chi connectivity index (χ4v) is 1.55. The molecule has 1 N–H and O–H groups in total. The van der Waals surface area contributed by atoms with Gasteiger partial charge in [0.2, 0.25) is 0 Å². The van der Waals surface area contributed by atoms with E-state index in [1.54, 1.807) is 0 Å². The number of nitrogens with zero attached hydrogens (tertiary/aromatic N) is 1. The Labute approximate surface area is 74.3 Å². The summed E-state index contributed by atoms with van der Waals surface area (Å²) in [4.78, 5) is 2.29. The van der Waals surface area contributed by atoms with Gasteiger partial charge in [0.15, 0.2) is 0 Å². The first-order chi connectivity index (χ1) is 5.70. The molecule has 0 radical (unpaired) electrons. The van der Waals surface area contributed by atoms with Crippen LogP contribution in [0, 0.1) is 0 Å². The van der Waals surface area contributed by atoms with Crippen LogP contribution in [0.1, 0.15) is 20.3 Å². The molecule has 0 amide bonds. The highest BCUT2D eigenvalue weighted by molar-refractivity contribution is 4.71. The van der Waals surface area contributed by atoms with Gasteiger partial charge in [0.25, 0.3) is 0 Å². The lowest BCUT2D eigenvalue weighted by Crippen LogP contribution is -2.38. The molecule has 3 heteroatoms. The van der Waals surface area contributed by atoms with Gasteiger partial charge in [0.1, 0.15) is 0 Å². The lowest BCUT2D eigenvalue weighted by atomic mass is 10.2. The van der Waals surface area contributed by atoms with Gasteiger partial charge in [0.05, 0.1) is 12.7 Å². The number of rotatable bonds is 2. The minimum absolute atomic E-state index is 0.231. The van der Waals surface area contributed by atoms with Crippen molar-refractivity contribution in [1.29, 1.82) is 0 Å². The fourth-order valence-electron chi connectivity index (χ4n) is 1.55. The maximum atomic E-state index is 9.23. The standard InChI is InChI=1S/C9H19NO2/c1-8-3-5-12-6-4-10(8)7-9(2)11/h8-9,11H,3-7H2,1-2H3. The molecular formula is C9H19NO2. The summed E-state index contributed by atoms with van der Waals surface area (Å²) in [5.74, 6) is 0. The Morgan fingerprint density at radius 1 is 1.58 bits per heavy atom. The lowest BCUT2D eigenvalue weighted by molar-refractivity contribution is 0.0986. The fraction of sp³-hybridized carbons (Fsp3) is 1.00. The molecular weight excluding hydrogens is 154 g/mol. The maximum Gasteiger partial charge on any atom is 0.0639 e. The van der Waals surface area contributed by atoms with Crippen molar-refractivity contribution in [2.24, 2.45) is 0 Å². The van der Waals surface area contributed by atoms with Crippen LogP contribution in [-0.4, -0.2) is 48.5 Å². The van der Waals surface area contributed by atoms with Gasteiger partial charge < -0.3 is 9.84 Å². The van der Waals surface area contributed by atoms with Gasteiger partial charge >= 0.3 is 0 Å². The third-order valence-corrected chi connectivity index (χ3v) is 2.32. The third-order valence-electron chi connectivity index (χ3n) is 2.32. The summed E-state index contributed by atoms with van der Waals surface area (Å²) in [6.45, 7) is 7.40. The predicted molar refractivity (Wildman–Crippen MR) is 48.2 cm³/mol. The van der Waals surface area contributed by atoms with Gasteiger partial charge in [-0.2, -0.15) is 0 Å². The Morgan fingerprint density at radius 2 is 2.33 bits per heavy atom. The second-order valence-corrected chi connectivity index (χ2v) is 3.59. The zero-order valence-electron chi connectivity index (χ0n) is 7.99. The second kappa shape index (κ2) is 4.80. The lowest BCUT2D eigenvalue weighted by Gasteiger charge is -2.27. The zero-order valence-corrected chi connectivity index (χ0v) is 7.99. The molecule has 12 heavy (non-hydrogen) atoms. The number of β-amino-alcohol motifs (C(OH)–C–C–N with tert-alkyl or cyclic N) is 1. The van der Waals surface area contributed by atoms with Gasteiger partial charge in [-0.05, 0) is 20.3 Å². The van der Waals surface area contributed by atoms with Crippen LogP contribution in [0.3, 0.4) is 0 Å². The van der Waals surface area contributed by atoms with Crippen LogP contribution in [0.4, 0.5) is 0 Å². The molecule has 3 nitrogen and oxygen atoms in total. The van der Waals surface area contributed by atoms with Crippen molar-refractivity contribution in [3.8, 4) is 0 Å². The molecule has 1 saturated heterocycles. The average Bonchev–Trinajstić information content (AvgIpc) is 2.16. The van der Waals surface area contributed by atoms with E-state index in [4.69, 9.17) is 4.74 Å². The number of hydrogen-bond donors (Lipinski definition) is 1. The second-order valence-electron chi connectivity index (χ2n) is 3.59. The van der Waals surface area contributed by atoms with Crippen molar-refractivity contribution in [3.05, 3.63) is 0 Å². The van der Waals surface area contributed by atoms with Gasteiger partial charge in [0, 0.05) is 25.7 Å². The van der Waals surface area contributed by atoms with Gasteiger partial charge in [-0.1, -0.05) is 0 Å². The molecule has 0 bridgehead atoms. The smallest absolute Gasteiger partial charge is 0.0639 e. The van der Waals surface area contributed by atoms with Crippen LogP contribution in [0.2, 0.25) is 0 Å². The van der Waals surface area contributed by atoms with Crippen LogP contribution >= 0.6 is 0 Å². The van der Waals surface area contributed by atoms with Crippen molar-refractivity contribution < 1.29 is 9.84 Å². The highest BCUT2D eigenvalue weighted by Crippen LogP contribution is 2.08. The van der Waals surface area contributed by atoms with Crippen LogP contribution in [-0.2, 0) is 4.74 Å². The molecule has 1 fully saturated rings. The molecule has 0 aromatic heterocycles. The molecule has 0 aromatic rings. The Hall–Kier alpha value is -0.120. The van der Waals surface area contributed by atoms with E-state index in [1.165, 1.54) is 0 Å². The summed E-state index contributed by atoms with van der Waals surface area (Å²) in [6, 6.07) is 0.544. The molecule has 0 saturated carbocycles. The van der Waals surface area contributed by atoms with E-state index in [0.29, 0.717) is 6.04 Å². The normalized spacial score (nSPS) is 29.8. The quantitative estimate of drug-likeness (QED) is 0.659. The summed E-state index contributed by atoms with van der Waals surface area (Å²) in [5.41, 5.74) is 0. The first kappa shape index (κ1) is 9.96. The number of ether oxygens (including phenoxy) is 1. The van der Waals surface area contributed by atoms with Gasteiger partial charge in [-0.3, -0.25) is 4.90 Å². The molecule has 0 aromatic carbocycles. The largest absolute Gasteiger partial charge is 0.392 e. The Kier molecular flexibility index (Phi) is 3.98. The first-order valence-corrected chi connectivity index (χ1v) is 4.70. The van der Waals surface area contributed by atoms with E-state index in [9.17, 15) is 5.11 Å².